The summed E-state index contributed by atoms with van der Waals surface area (Å²) < 4.78 is 1.01. The Morgan fingerprint density at radius 3 is 3.00 bits per heavy atom. The SMILES string of the molecule is CN1C(=O)CN(CCC2CCCN2)c2ccc(Br)cc21. The Kier molecular flexibility index (Phi) is 3.98. The van der Waals surface area contributed by atoms with Gasteiger partial charge in [-0.15, -0.1) is 0 Å². The van der Waals surface area contributed by atoms with Gasteiger partial charge in [-0.25, -0.2) is 0 Å². The number of carbonyl (C=O) groups is 1. The highest BCUT2D eigenvalue weighted by Crippen LogP contribution is 2.35. The number of carbonyl (C=O) groups excluding carboxylic acids is 1. The van der Waals surface area contributed by atoms with Crippen molar-refractivity contribution in [3.8, 4) is 0 Å². The van der Waals surface area contributed by atoms with E-state index in [1.165, 1.54) is 12.8 Å². The highest BCUT2D eigenvalue weighted by atomic mass is 79.9. The van der Waals surface area contributed by atoms with E-state index in [2.05, 4.69) is 32.2 Å². The standard InChI is InChI=1S/C15H20BrN3O/c1-18-14-9-11(16)4-5-13(14)19(10-15(18)20)8-6-12-3-2-7-17-12/h4-5,9,12,17H,2-3,6-8,10H2,1H3. The lowest BCUT2D eigenvalue weighted by Crippen LogP contribution is -2.45. The van der Waals surface area contributed by atoms with Crippen molar-refractivity contribution in [1.82, 2.24) is 5.32 Å². The lowest BCUT2D eigenvalue weighted by Gasteiger charge is -2.36. The first-order valence-electron chi connectivity index (χ1n) is 7.19. The molecule has 0 aromatic heterocycles. The van der Waals surface area contributed by atoms with Crippen molar-refractivity contribution in [1.29, 1.82) is 0 Å². The van der Waals surface area contributed by atoms with E-state index in [-0.39, 0.29) is 5.91 Å². The van der Waals surface area contributed by atoms with Crippen molar-refractivity contribution in [3.63, 3.8) is 0 Å². The van der Waals surface area contributed by atoms with Gasteiger partial charge in [-0.1, -0.05) is 15.9 Å². The summed E-state index contributed by atoms with van der Waals surface area (Å²) in [6.07, 6.45) is 3.64. The van der Waals surface area contributed by atoms with E-state index >= 15 is 0 Å². The fourth-order valence-electron chi connectivity index (χ4n) is 3.04. The fraction of sp³-hybridized carbons (Fsp3) is 0.533. The van der Waals surface area contributed by atoms with Crippen LogP contribution >= 0.6 is 15.9 Å². The molecule has 0 bridgehead atoms. The first-order valence-corrected chi connectivity index (χ1v) is 7.99. The number of anilines is 2. The van der Waals surface area contributed by atoms with E-state index in [0.717, 1.165) is 35.4 Å². The Balaban J connectivity index is 1.78. The van der Waals surface area contributed by atoms with Crippen LogP contribution in [-0.4, -0.2) is 38.6 Å². The predicted molar refractivity (Wildman–Crippen MR) is 85.4 cm³/mol. The van der Waals surface area contributed by atoms with Crippen LogP contribution < -0.4 is 15.1 Å². The van der Waals surface area contributed by atoms with E-state index in [9.17, 15) is 4.79 Å². The number of benzene rings is 1. The molecular formula is C15H20BrN3O. The summed E-state index contributed by atoms with van der Waals surface area (Å²) in [5.41, 5.74) is 2.16. The fourth-order valence-corrected chi connectivity index (χ4v) is 3.38. The molecule has 1 atom stereocenters. The van der Waals surface area contributed by atoms with Gasteiger partial charge in [0.05, 0.1) is 17.9 Å². The van der Waals surface area contributed by atoms with E-state index in [0.29, 0.717) is 12.6 Å². The van der Waals surface area contributed by atoms with Crippen molar-refractivity contribution in [2.45, 2.75) is 25.3 Å². The maximum absolute atomic E-state index is 12.1. The summed E-state index contributed by atoms with van der Waals surface area (Å²) >= 11 is 3.48. The molecule has 108 valence electrons. The minimum Gasteiger partial charge on any atom is -0.360 e. The van der Waals surface area contributed by atoms with Gasteiger partial charge in [0.2, 0.25) is 5.91 Å². The maximum Gasteiger partial charge on any atom is 0.246 e. The first kappa shape index (κ1) is 13.9. The molecule has 0 spiro atoms. The number of fused-ring (bicyclic) bond motifs is 1. The van der Waals surface area contributed by atoms with Crippen LogP contribution in [0.5, 0.6) is 0 Å². The zero-order valence-electron chi connectivity index (χ0n) is 11.7. The zero-order valence-corrected chi connectivity index (χ0v) is 13.3. The molecule has 4 nitrogen and oxygen atoms in total. The van der Waals surface area contributed by atoms with Crippen LogP contribution in [0.25, 0.3) is 0 Å². The third-order valence-electron chi connectivity index (χ3n) is 4.25. The average molecular weight is 338 g/mol. The highest BCUT2D eigenvalue weighted by Gasteiger charge is 2.27. The molecule has 1 N–H and O–H groups in total. The normalized spacial score (nSPS) is 22.3. The van der Waals surface area contributed by atoms with Crippen molar-refractivity contribution < 1.29 is 4.79 Å². The van der Waals surface area contributed by atoms with E-state index in [4.69, 9.17) is 0 Å². The molecule has 0 saturated carbocycles. The number of likely N-dealkylation sites (N-methyl/N-ethyl adjacent to an activating group) is 1. The number of halogens is 1. The molecule has 1 aromatic carbocycles. The lowest BCUT2D eigenvalue weighted by molar-refractivity contribution is -0.117. The van der Waals surface area contributed by atoms with Crippen LogP contribution in [-0.2, 0) is 4.79 Å². The van der Waals surface area contributed by atoms with Gasteiger partial charge in [0.15, 0.2) is 0 Å². The lowest BCUT2D eigenvalue weighted by atomic mass is 10.1. The zero-order chi connectivity index (χ0) is 14.1. The molecule has 1 saturated heterocycles. The number of nitrogens with zero attached hydrogens (tertiary/aromatic N) is 2. The second-order valence-corrected chi connectivity index (χ2v) is 6.50. The van der Waals surface area contributed by atoms with E-state index < -0.39 is 0 Å². The summed E-state index contributed by atoms with van der Waals surface area (Å²) in [7, 11) is 1.85. The smallest absolute Gasteiger partial charge is 0.246 e. The molecule has 3 rings (SSSR count). The predicted octanol–water partition coefficient (Wildman–Crippen LogP) is 2.37. The van der Waals surface area contributed by atoms with Gasteiger partial charge in [0, 0.05) is 24.1 Å². The Morgan fingerprint density at radius 2 is 2.25 bits per heavy atom. The number of rotatable bonds is 3. The Bertz CT molecular complexity index is 514. The Hall–Kier alpha value is -1.07. The molecule has 2 aliphatic rings. The third kappa shape index (κ3) is 2.69. The van der Waals surface area contributed by atoms with Gasteiger partial charge >= 0.3 is 0 Å². The number of hydrogen-bond acceptors (Lipinski definition) is 3. The van der Waals surface area contributed by atoms with Crippen molar-refractivity contribution >= 4 is 33.2 Å². The number of amides is 1. The molecule has 1 fully saturated rings. The summed E-state index contributed by atoms with van der Waals surface area (Å²) in [6.45, 7) is 2.56. The first-order chi connectivity index (χ1) is 9.65. The minimum atomic E-state index is 0.162. The van der Waals surface area contributed by atoms with Crippen LogP contribution in [0.4, 0.5) is 11.4 Å². The topological polar surface area (TPSA) is 35.6 Å². The van der Waals surface area contributed by atoms with Gasteiger partial charge in [-0.2, -0.15) is 0 Å². The monoisotopic (exact) mass is 337 g/mol. The molecule has 20 heavy (non-hydrogen) atoms. The Morgan fingerprint density at radius 1 is 1.40 bits per heavy atom. The molecule has 2 heterocycles. The van der Waals surface area contributed by atoms with Crippen LogP contribution in [0.3, 0.4) is 0 Å². The van der Waals surface area contributed by atoms with Gasteiger partial charge < -0.3 is 15.1 Å². The Labute approximate surface area is 128 Å². The highest BCUT2D eigenvalue weighted by molar-refractivity contribution is 9.10. The van der Waals surface area contributed by atoms with Crippen molar-refractivity contribution in [3.05, 3.63) is 22.7 Å². The van der Waals surface area contributed by atoms with Gasteiger partial charge in [-0.05, 0) is 44.0 Å². The van der Waals surface area contributed by atoms with Gasteiger partial charge in [0.1, 0.15) is 0 Å². The van der Waals surface area contributed by atoms with Crippen LogP contribution in [0.1, 0.15) is 19.3 Å². The molecule has 1 amide bonds. The quantitative estimate of drug-likeness (QED) is 0.919. The van der Waals surface area contributed by atoms with Crippen LogP contribution in [0.2, 0.25) is 0 Å². The summed E-state index contributed by atoms with van der Waals surface area (Å²) in [5.74, 6) is 0.162. The second kappa shape index (κ2) is 5.74. The summed E-state index contributed by atoms with van der Waals surface area (Å²) in [5, 5.41) is 3.52. The summed E-state index contributed by atoms with van der Waals surface area (Å²) in [4.78, 5) is 16.1. The minimum absolute atomic E-state index is 0.162. The molecule has 1 aromatic rings. The number of nitrogens with one attached hydrogen (secondary N) is 1. The molecule has 2 aliphatic heterocycles. The third-order valence-corrected chi connectivity index (χ3v) is 4.74. The van der Waals surface area contributed by atoms with Crippen molar-refractivity contribution in [2.24, 2.45) is 0 Å². The van der Waals surface area contributed by atoms with Gasteiger partial charge in [0.25, 0.3) is 0 Å². The second-order valence-electron chi connectivity index (χ2n) is 5.59. The van der Waals surface area contributed by atoms with Crippen molar-refractivity contribution in [2.75, 3.05) is 36.5 Å². The largest absolute Gasteiger partial charge is 0.360 e. The van der Waals surface area contributed by atoms with Gasteiger partial charge in [-0.3, -0.25) is 4.79 Å². The van der Waals surface area contributed by atoms with E-state index in [1.54, 1.807) is 4.90 Å². The molecular weight excluding hydrogens is 318 g/mol. The average Bonchev–Trinajstić information content (AvgIpc) is 2.94. The van der Waals surface area contributed by atoms with Crippen LogP contribution in [0.15, 0.2) is 22.7 Å². The van der Waals surface area contributed by atoms with Crippen LogP contribution in [0, 0.1) is 0 Å². The molecule has 1 unspecified atom stereocenters. The van der Waals surface area contributed by atoms with E-state index in [1.807, 2.05) is 19.2 Å². The molecule has 0 aliphatic carbocycles. The summed E-state index contributed by atoms with van der Waals surface area (Å²) in [6, 6.07) is 6.78. The molecule has 0 radical (unpaired) electrons. The molecule has 5 heteroatoms. The maximum atomic E-state index is 12.1. The number of hydrogen-bond donors (Lipinski definition) is 1.